The van der Waals surface area contributed by atoms with E-state index in [0.717, 1.165) is 19.3 Å². The van der Waals surface area contributed by atoms with Crippen molar-refractivity contribution in [3.8, 4) is 0 Å². The Labute approximate surface area is 109 Å². The Morgan fingerprint density at radius 1 is 1.35 bits per heavy atom. The zero-order chi connectivity index (χ0) is 13.1. The van der Waals surface area contributed by atoms with Crippen LogP contribution in [0.3, 0.4) is 0 Å². The fourth-order valence-corrected chi connectivity index (χ4v) is 1.74. The molecule has 0 saturated heterocycles. The lowest BCUT2D eigenvalue weighted by molar-refractivity contribution is 0.236. The van der Waals surface area contributed by atoms with Crippen LogP contribution < -0.4 is 0 Å². The zero-order valence-corrected chi connectivity index (χ0v) is 12.2. The molecule has 0 saturated carbocycles. The molecule has 2 atom stereocenters. The van der Waals surface area contributed by atoms with E-state index in [2.05, 4.69) is 44.8 Å². The van der Waals surface area contributed by atoms with Crippen LogP contribution in [0.15, 0.2) is 4.52 Å². The highest BCUT2D eigenvalue weighted by atomic mass is 35.5. The molecule has 0 aliphatic rings. The van der Waals surface area contributed by atoms with Crippen LogP contribution in [0.1, 0.15) is 64.6 Å². The Hall–Kier alpha value is -0.570. The van der Waals surface area contributed by atoms with E-state index in [9.17, 15) is 0 Å². The number of nitrogens with zero attached hydrogens (tertiary/aromatic N) is 2. The van der Waals surface area contributed by atoms with E-state index >= 15 is 0 Å². The molecule has 0 aliphatic carbocycles. The molecular formula is C13H23ClN2O. The van der Waals surface area contributed by atoms with Gasteiger partial charge in [0, 0.05) is 6.42 Å². The van der Waals surface area contributed by atoms with Crippen molar-refractivity contribution < 1.29 is 4.52 Å². The Morgan fingerprint density at radius 3 is 2.53 bits per heavy atom. The lowest BCUT2D eigenvalue weighted by Gasteiger charge is -2.25. The molecule has 0 bridgehead atoms. The monoisotopic (exact) mass is 258 g/mol. The summed E-state index contributed by atoms with van der Waals surface area (Å²) in [7, 11) is 0. The lowest BCUT2D eigenvalue weighted by atomic mass is 9.80. The minimum absolute atomic E-state index is 0.123. The van der Waals surface area contributed by atoms with Gasteiger partial charge in [-0.1, -0.05) is 46.2 Å². The molecule has 0 fully saturated rings. The van der Waals surface area contributed by atoms with Gasteiger partial charge in [0.1, 0.15) is 0 Å². The summed E-state index contributed by atoms with van der Waals surface area (Å²) in [6.07, 6.45) is 2.72. The number of hydrogen-bond donors (Lipinski definition) is 0. The van der Waals surface area contributed by atoms with E-state index in [1.807, 2.05) is 0 Å². The molecule has 0 aromatic carbocycles. The first-order valence-corrected chi connectivity index (χ1v) is 6.74. The zero-order valence-electron chi connectivity index (χ0n) is 11.5. The van der Waals surface area contributed by atoms with Gasteiger partial charge in [0.2, 0.25) is 5.89 Å². The highest BCUT2D eigenvalue weighted by molar-refractivity contribution is 6.20. The molecule has 0 radical (unpaired) electrons. The summed E-state index contributed by atoms with van der Waals surface area (Å²) in [5.41, 5.74) is 0.248. The van der Waals surface area contributed by atoms with Gasteiger partial charge < -0.3 is 4.52 Å². The van der Waals surface area contributed by atoms with Crippen molar-refractivity contribution >= 4 is 11.6 Å². The third kappa shape index (κ3) is 4.30. The summed E-state index contributed by atoms with van der Waals surface area (Å²) >= 11 is 6.16. The molecule has 17 heavy (non-hydrogen) atoms. The fourth-order valence-electron chi connectivity index (χ4n) is 1.43. The standard InChI is InChI=1S/C13H23ClN2O/c1-6-7-10(14)12-15-11(17-16-12)8-9(2)13(3,4)5/h9-10H,6-8H2,1-5H3. The summed E-state index contributed by atoms with van der Waals surface area (Å²) in [6, 6.07) is 0. The van der Waals surface area contributed by atoms with E-state index < -0.39 is 0 Å². The van der Waals surface area contributed by atoms with E-state index in [4.69, 9.17) is 16.1 Å². The summed E-state index contributed by atoms with van der Waals surface area (Å²) in [5, 5.41) is 3.83. The van der Waals surface area contributed by atoms with Crippen LogP contribution in [0.4, 0.5) is 0 Å². The molecule has 3 nitrogen and oxygen atoms in total. The van der Waals surface area contributed by atoms with Crippen LogP contribution in [0.25, 0.3) is 0 Å². The summed E-state index contributed by atoms with van der Waals surface area (Å²) < 4.78 is 5.25. The Balaban J connectivity index is 2.63. The summed E-state index contributed by atoms with van der Waals surface area (Å²) in [6.45, 7) is 11.0. The molecule has 98 valence electrons. The third-order valence-corrected chi connectivity index (χ3v) is 3.68. The van der Waals surface area contributed by atoms with Gasteiger partial charge in [-0.15, -0.1) is 11.6 Å². The molecule has 0 spiro atoms. The van der Waals surface area contributed by atoms with E-state index in [1.54, 1.807) is 0 Å². The van der Waals surface area contributed by atoms with Crippen molar-refractivity contribution in [1.29, 1.82) is 0 Å². The molecule has 1 heterocycles. The molecule has 2 unspecified atom stereocenters. The van der Waals surface area contributed by atoms with Crippen molar-refractivity contribution in [1.82, 2.24) is 10.1 Å². The maximum atomic E-state index is 6.16. The van der Waals surface area contributed by atoms with Gasteiger partial charge in [0.15, 0.2) is 5.82 Å². The number of hydrogen-bond acceptors (Lipinski definition) is 3. The maximum absolute atomic E-state index is 6.16. The number of rotatable bonds is 5. The average molecular weight is 259 g/mol. The Morgan fingerprint density at radius 2 is 2.00 bits per heavy atom. The second-order valence-electron chi connectivity index (χ2n) is 5.77. The van der Waals surface area contributed by atoms with Crippen molar-refractivity contribution in [2.24, 2.45) is 11.3 Å². The van der Waals surface area contributed by atoms with E-state index in [1.165, 1.54) is 0 Å². The molecule has 0 aliphatic heterocycles. The van der Waals surface area contributed by atoms with Crippen LogP contribution in [-0.2, 0) is 6.42 Å². The predicted molar refractivity (Wildman–Crippen MR) is 70.1 cm³/mol. The van der Waals surface area contributed by atoms with Crippen molar-refractivity contribution in [2.45, 2.75) is 59.3 Å². The van der Waals surface area contributed by atoms with Gasteiger partial charge in [0.25, 0.3) is 0 Å². The predicted octanol–water partition coefficient (Wildman–Crippen LogP) is 4.37. The van der Waals surface area contributed by atoms with Gasteiger partial charge in [-0.2, -0.15) is 4.98 Å². The first-order valence-electron chi connectivity index (χ1n) is 6.31. The highest BCUT2D eigenvalue weighted by Gasteiger charge is 2.23. The molecule has 0 N–H and O–H groups in total. The smallest absolute Gasteiger partial charge is 0.226 e. The number of halogens is 1. The van der Waals surface area contributed by atoms with Crippen molar-refractivity contribution in [3.05, 3.63) is 11.7 Å². The second kappa shape index (κ2) is 5.85. The van der Waals surface area contributed by atoms with Crippen LogP contribution >= 0.6 is 11.6 Å². The normalized spacial score (nSPS) is 15.9. The van der Waals surface area contributed by atoms with Gasteiger partial charge in [-0.05, 0) is 17.8 Å². The first kappa shape index (κ1) is 14.5. The molecule has 1 aromatic heterocycles. The largest absolute Gasteiger partial charge is 0.339 e. The number of alkyl halides is 1. The molecule has 0 amide bonds. The van der Waals surface area contributed by atoms with E-state index in [-0.39, 0.29) is 10.8 Å². The third-order valence-electron chi connectivity index (χ3n) is 3.27. The molecule has 4 heteroatoms. The molecule has 1 aromatic rings. The SMILES string of the molecule is CCCC(Cl)c1noc(CC(C)C(C)(C)C)n1. The minimum Gasteiger partial charge on any atom is -0.339 e. The van der Waals surface area contributed by atoms with Crippen molar-refractivity contribution in [2.75, 3.05) is 0 Å². The van der Waals surface area contributed by atoms with Gasteiger partial charge in [0.05, 0.1) is 5.38 Å². The number of aromatic nitrogens is 2. The van der Waals surface area contributed by atoms with Gasteiger partial charge in [-0.3, -0.25) is 0 Å². The van der Waals surface area contributed by atoms with Crippen LogP contribution in [0.5, 0.6) is 0 Å². The molecule has 1 rings (SSSR count). The van der Waals surface area contributed by atoms with Crippen LogP contribution in [0.2, 0.25) is 0 Å². The minimum atomic E-state index is -0.123. The highest BCUT2D eigenvalue weighted by Crippen LogP contribution is 2.29. The molecular weight excluding hydrogens is 236 g/mol. The van der Waals surface area contributed by atoms with Gasteiger partial charge in [-0.25, -0.2) is 0 Å². The van der Waals surface area contributed by atoms with Crippen LogP contribution in [0, 0.1) is 11.3 Å². The van der Waals surface area contributed by atoms with Crippen molar-refractivity contribution in [3.63, 3.8) is 0 Å². The second-order valence-corrected chi connectivity index (χ2v) is 6.30. The lowest BCUT2D eigenvalue weighted by Crippen LogP contribution is -2.19. The quantitative estimate of drug-likeness (QED) is 0.736. The van der Waals surface area contributed by atoms with Gasteiger partial charge >= 0.3 is 0 Å². The van der Waals surface area contributed by atoms with Crippen LogP contribution in [-0.4, -0.2) is 10.1 Å². The summed E-state index contributed by atoms with van der Waals surface area (Å²) in [4.78, 5) is 4.37. The van der Waals surface area contributed by atoms with E-state index in [0.29, 0.717) is 17.6 Å². The fraction of sp³-hybridized carbons (Fsp3) is 0.846. The maximum Gasteiger partial charge on any atom is 0.226 e. The summed E-state index contributed by atoms with van der Waals surface area (Å²) in [5.74, 6) is 1.82. The Kier molecular flexibility index (Phi) is 4.99. The topological polar surface area (TPSA) is 38.9 Å². The average Bonchev–Trinajstić information content (AvgIpc) is 2.65. The first-order chi connectivity index (χ1) is 7.84. The Bertz CT molecular complexity index is 343.